The van der Waals surface area contributed by atoms with Gasteiger partial charge >= 0.3 is 6.18 Å². The van der Waals surface area contributed by atoms with Crippen molar-refractivity contribution in [1.82, 2.24) is 5.06 Å². The van der Waals surface area contributed by atoms with Gasteiger partial charge in [-0.15, -0.1) is 0 Å². The highest BCUT2D eigenvalue weighted by molar-refractivity contribution is 5.96. The lowest BCUT2D eigenvalue weighted by atomic mass is 10.1. The minimum Gasteiger partial charge on any atom is -0.490 e. The van der Waals surface area contributed by atoms with E-state index in [1.165, 1.54) is 14.2 Å². The van der Waals surface area contributed by atoms with Gasteiger partial charge in [-0.2, -0.15) is 13.2 Å². The summed E-state index contributed by atoms with van der Waals surface area (Å²) in [4.78, 5) is 16.8. The lowest BCUT2D eigenvalue weighted by Crippen LogP contribution is -2.26. The second-order valence-electron chi connectivity index (χ2n) is 4.53. The van der Waals surface area contributed by atoms with Crippen LogP contribution in [0.3, 0.4) is 0 Å². The van der Waals surface area contributed by atoms with E-state index in [0.717, 1.165) is 23.3 Å². The van der Waals surface area contributed by atoms with Crippen molar-refractivity contribution >= 4 is 5.91 Å². The van der Waals surface area contributed by atoms with E-state index < -0.39 is 17.6 Å². The van der Waals surface area contributed by atoms with Crippen molar-refractivity contribution in [3.8, 4) is 5.75 Å². The molecule has 21 heavy (non-hydrogen) atoms. The highest BCUT2D eigenvalue weighted by Crippen LogP contribution is 2.34. The summed E-state index contributed by atoms with van der Waals surface area (Å²) in [6, 6.07) is 2.78. The Balaban J connectivity index is 3.26. The van der Waals surface area contributed by atoms with Crippen molar-refractivity contribution in [3.05, 3.63) is 29.3 Å². The third kappa shape index (κ3) is 4.35. The molecule has 1 unspecified atom stereocenters. The maximum absolute atomic E-state index is 12.8. The van der Waals surface area contributed by atoms with Crippen molar-refractivity contribution in [2.75, 3.05) is 14.2 Å². The fraction of sp³-hybridized carbons (Fsp3) is 0.500. The lowest BCUT2D eigenvalue weighted by molar-refractivity contribution is -0.137. The summed E-state index contributed by atoms with van der Waals surface area (Å²) < 4.78 is 43.8. The van der Waals surface area contributed by atoms with Crippen molar-refractivity contribution in [3.63, 3.8) is 0 Å². The van der Waals surface area contributed by atoms with Gasteiger partial charge in [0.1, 0.15) is 5.75 Å². The van der Waals surface area contributed by atoms with Gasteiger partial charge in [-0.05, 0) is 31.5 Å². The second-order valence-corrected chi connectivity index (χ2v) is 4.53. The van der Waals surface area contributed by atoms with E-state index >= 15 is 0 Å². The largest absolute Gasteiger partial charge is 0.490 e. The molecule has 1 amide bonds. The van der Waals surface area contributed by atoms with E-state index in [1.54, 1.807) is 6.92 Å². The molecule has 0 spiro atoms. The number of hydrogen-bond acceptors (Lipinski definition) is 3. The van der Waals surface area contributed by atoms with E-state index in [1.807, 2.05) is 6.92 Å². The van der Waals surface area contributed by atoms with Gasteiger partial charge in [-0.1, -0.05) is 6.92 Å². The Morgan fingerprint density at radius 2 is 2.00 bits per heavy atom. The molecule has 1 atom stereocenters. The smallest absolute Gasteiger partial charge is 0.416 e. The zero-order valence-corrected chi connectivity index (χ0v) is 12.3. The summed E-state index contributed by atoms with van der Waals surface area (Å²) in [6.07, 6.45) is -4.21. The van der Waals surface area contributed by atoms with Crippen LogP contribution in [0.1, 0.15) is 36.2 Å². The van der Waals surface area contributed by atoms with E-state index in [-0.39, 0.29) is 17.4 Å². The predicted molar refractivity (Wildman–Crippen MR) is 70.9 cm³/mol. The first-order chi connectivity index (χ1) is 9.70. The number of ether oxygens (including phenoxy) is 1. The van der Waals surface area contributed by atoms with Crippen LogP contribution in [0.4, 0.5) is 13.2 Å². The normalized spacial score (nSPS) is 12.9. The van der Waals surface area contributed by atoms with Crippen LogP contribution in [0, 0.1) is 0 Å². The fourth-order valence-corrected chi connectivity index (χ4v) is 1.53. The molecule has 0 N–H and O–H groups in total. The maximum Gasteiger partial charge on any atom is 0.416 e. The molecule has 0 radical (unpaired) electrons. The molecule has 0 aromatic heterocycles. The standard InChI is InChI=1S/C14H18F3NO3/c1-5-9(2)21-12-8-10(14(15,16)17)6-7-11(12)13(19)18(3)20-4/h6-9H,5H2,1-4H3. The van der Waals surface area contributed by atoms with Gasteiger partial charge in [-0.3, -0.25) is 9.63 Å². The molecule has 0 heterocycles. The van der Waals surface area contributed by atoms with Crippen LogP contribution in [0.2, 0.25) is 0 Å². The molecular weight excluding hydrogens is 287 g/mol. The molecule has 0 saturated carbocycles. The van der Waals surface area contributed by atoms with Crippen molar-refractivity contribution in [2.24, 2.45) is 0 Å². The average Bonchev–Trinajstić information content (AvgIpc) is 2.44. The number of rotatable bonds is 5. The molecule has 0 aliphatic rings. The Morgan fingerprint density at radius 3 is 2.48 bits per heavy atom. The number of carbonyl (C=O) groups excluding carboxylic acids is 1. The monoisotopic (exact) mass is 305 g/mol. The Morgan fingerprint density at radius 1 is 1.38 bits per heavy atom. The molecule has 1 aromatic rings. The van der Waals surface area contributed by atoms with Crippen molar-refractivity contribution in [1.29, 1.82) is 0 Å². The Bertz CT molecular complexity index is 503. The Kier molecular flexibility index (Phi) is 5.60. The molecule has 0 saturated heterocycles. The molecule has 0 bridgehead atoms. The van der Waals surface area contributed by atoms with Gasteiger partial charge in [0.05, 0.1) is 24.3 Å². The molecule has 118 valence electrons. The van der Waals surface area contributed by atoms with E-state index in [4.69, 9.17) is 9.57 Å². The van der Waals surface area contributed by atoms with Crippen LogP contribution < -0.4 is 4.74 Å². The zero-order chi connectivity index (χ0) is 16.2. The number of nitrogens with zero attached hydrogens (tertiary/aromatic N) is 1. The topological polar surface area (TPSA) is 38.8 Å². The number of alkyl halides is 3. The van der Waals surface area contributed by atoms with Gasteiger partial charge in [0.25, 0.3) is 5.91 Å². The summed E-state index contributed by atoms with van der Waals surface area (Å²) in [7, 11) is 2.66. The van der Waals surface area contributed by atoms with Crippen LogP contribution in [0.25, 0.3) is 0 Å². The summed E-state index contributed by atoms with van der Waals surface area (Å²) in [5, 5.41) is 0.923. The van der Waals surface area contributed by atoms with E-state index in [2.05, 4.69) is 0 Å². The highest BCUT2D eigenvalue weighted by Gasteiger charge is 2.32. The number of hydrogen-bond donors (Lipinski definition) is 0. The molecule has 7 heteroatoms. The number of benzene rings is 1. The van der Waals surface area contributed by atoms with E-state index in [0.29, 0.717) is 6.42 Å². The average molecular weight is 305 g/mol. The van der Waals surface area contributed by atoms with Gasteiger partial charge in [-0.25, -0.2) is 5.06 Å². The Labute approximate surface area is 121 Å². The molecule has 1 rings (SSSR count). The SMILES string of the molecule is CCC(C)Oc1cc(C(F)(F)F)ccc1C(=O)N(C)OC. The summed E-state index contributed by atoms with van der Waals surface area (Å²) in [6.45, 7) is 3.55. The van der Waals surface area contributed by atoms with E-state index in [9.17, 15) is 18.0 Å². The van der Waals surface area contributed by atoms with Crippen LogP contribution >= 0.6 is 0 Å². The zero-order valence-electron chi connectivity index (χ0n) is 12.3. The van der Waals surface area contributed by atoms with Gasteiger partial charge in [0, 0.05) is 7.05 Å². The van der Waals surface area contributed by atoms with Gasteiger partial charge < -0.3 is 4.74 Å². The Hall–Kier alpha value is -1.76. The van der Waals surface area contributed by atoms with Crippen LogP contribution in [0.5, 0.6) is 5.75 Å². The third-order valence-corrected chi connectivity index (χ3v) is 3.00. The van der Waals surface area contributed by atoms with Crippen molar-refractivity contribution in [2.45, 2.75) is 32.5 Å². The van der Waals surface area contributed by atoms with Gasteiger partial charge in [0.15, 0.2) is 0 Å². The van der Waals surface area contributed by atoms with Crippen LogP contribution in [-0.2, 0) is 11.0 Å². The summed E-state index contributed by atoms with van der Waals surface area (Å²) in [5.74, 6) is -0.683. The molecule has 0 aliphatic carbocycles. The third-order valence-electron chi connectivity index (χ3n) is 3.00. The first-order valence-electron chi connectivity index (χ1n) is 6.40. The summed E-state index contributed by atoms with van der Waals surface area (Å²) >= 11 is 0. The maximum atomic E-state index is 12.8. The number of halogens is 3. The van der Waals surface area contributed by atoms with Crippen molar-refractivity contribution < 1.29 is 27.5 Å². The molecular formula is C14H18F3NO3. The predicted octanol–water partition coefficient (Wildman–Crippen LogP) is 3.52. The molecule has 4 nitrogen and oxygen atoms in total. The second kappa shape index (κ2) is 6.80. The lowest BCUT2D eigenvalue weighted by Gasteiger charge is -2.20. The first-order valence-corrected chi connectivity index (χ1v) is 6.40. The molecule has 0 aliphatic heterocycles. The first kappa shape index (κ1) is 17.3. The number of carbonyl (C=O) groups is 1. The summed E-state index contributed by atoms with van der Waals surface area (Å²) in [5.41, 5.74) is -0.843. The quantitative estimate of drug-likeness (QED) is 0.781. The fourth-order valence-electron chi connectivity index (χ4n) is 1.53. The number of amides is 1. The molecule has 0 fully saturated rings. The minimum absolute atomic E-state index is 0.0210. The van der Waals surface area contributed by atoms with Crippen LogP contribution in [-0.4, -0.2) is 31.2 Å². The highest BCUT2D eigenvalue weighted by atomic mass is 19.4. The van der Waals surface area contributed by atoms with Crippen LogP contribution in [0.15, 0.2) is 18.2 Å². The minimum atomic E-state index is -4.50. The number of hydroxylamine groups is 2. The molecule has 1 aromatic carbocycles. The van der Waals surface area contributed by atoms with Gasteiger partial charge in [0.2, 0.25) is 0 Å².